The van der Waals surface area contributed by atoms with Crippen molar-refractivity contribution in [3.05, 3.63) is 16.9 Å². The molecule has 126 valence electrons. The van der Waals surface area contributed by atoms with Gasteiger partial charge in [-0.25, -0.2) is 0 Å². The minimum atomic E-state index is -0.467. The lowest BCUT2D eigenvalue weighted by Gasteiger charge is -2.42. The van der Waals surface area contributed by atoms with Gasteiger partial charge in [-0.1, -0.05) is 27.2 Å². The molecule has 2 saturated carbocycles. The van der Waals surface area contributed by atoms with Crippen LogP contribution in [-0.4, -0.2) is 12.1 Å². The first-order valence-corrected chi connectivity index (χ1v) is 9.39. The standard InChI is InChI=1S/C21H30O2/c1-20(2,3)21(4,5)19(22)23-17-11-14-10-15(17)16-9-12-6-7-13(8-12)18(14)16/h12-13,16-18H,6-9,11H2,1-5H3. The number of hydrogen-bond donors (Lipinski definition) is 0. The predicted octanol–water partition coefficient (Wildman–Crippen LogP) is 4.89. The van der Waals surface area contributed by atoms with Crippen LogP contribution in [0.5, 0.6) is 0 Å². The Bertz CT molecular complexity index is 612. The van der Waals surface area contributed by atoms with Crippen molar-refractivity contribution in [2.75, 3.05) is 0 Å². The molecule has 0 aromatic heterocycles. The van der Waals surface area contributed by atoms with E-state index in [2.05, 4.69) is 26.5 Å². The third-order valence-electron chi connectivity index (χ3n) is 7.60. The number of hydrogen-bond acceptors (Lipinski definition) is 2. The minimum absolute atomic E-state index is 0.0159. The summed E-state index contributed by atoms with van der Waals surface area (Å²) >= 11 is 0. The Kier molecular flexibility index (Phi) is 3.21. The predicted molar refractivity (Wildman–Crippen MR) is 90.7 cm³/mol. The second-order valence-electron chi connectivity index (χ2n) is 9.89. The van der Waals surface area contributed by atoms with Crippen LogP contribution in [0.4, 0.5) is 0 Å². The van der Waals surface area contributed by atoms with E-state index < -0.39 is 5.41 Å². The van der Waals surface area contributed by atoms with Gasteiger partial charge in [-0.2, -0.15) is 0 Å². The summed E-state index contributed by atoms with van der Waals surface area (Å²) < 4.78 is 6.02. The molecule has 2 fully saturated rings. The molecule has 0 amide bonds. The molecule has 0 aromatic rings. The van der Waals surface area contributed by atoms with E-state index in [9.17, 15) is 4.79 Å². The molecule has 0 N–H and O–H groups in total. The smallest absolute Gasteiger partial charge is 0.312 e. The first-order chi connectivity index (χ1) is 10.7. The van der Waals surface area contributed by atoms with Crippen molar-refractivity contribution < 1.29 is 9.53 Å². The minimum Gasteiger partial charge on any atom is -0.456 e. The molecule has 0 aromatic carbocycles. The molecule has 5 atom stereocenters. The van der Waals surface area contributed by atoms with Gasteiger partial charge in [0.15, 0.2) is 0 Å². The highest BCUT2D eigenvalue weighted by molar-refractivity contribution is 5.77. The zero-order valence-electron chi connectivity index (χ0n) is 15.2. The second kappa shape index (κ2) is 4.76. The maximum absolute atomic E-state index is 12.8. The first kappa shape index (κ1) is 15.5. The van der Waals surface area contributed by atoms with E-state index in [-0.39, 0.29) is 17.5 Å². The lowest BCUT2D eigenvalue weighted by Crippen LogP contribution is -2.43. The van der Waals surface area contributed by atoms with Gasteiger partial charge in [0.25, 0.3) is 0 Å². The van der Waals surface area contributed by atoms with Crippen LogP contribution in [0.15, 0.2) is 16.9 Å². The van der Waals surface area contributed by atoms with E-state index in [4.69, 9.17) is 4.74 Å². The zero-order chi connectivity index (χ0) is 16.6. The normalized spacial score (nSPS) is 38.2. The number of fused-ring (bicyclic) bond motifs is 6. The molecule has 0 heterocycles. The Balaban J connectivity index is 1.48. The van der Waals surface area contributed by atoms with Gasteiger partial charge < -0.3 is 4.74 Å². The van der Waals surface area contributed by atoms with Crippen LogP contribution in [0.2, 0.25) is 0 Å². The van der Waals surface area contributed by atoms with Crippen molar-refractivity contribution in [1.82, 2.24) is 0 Å². The molecular formula is C21H30O2. The van der Waals surface area contributed by atoms with E-state index in [1.165, 1.54) is 36.8 Å². The number of carbonyl (C=O) groups excluding carboxylic acids is 1. The van der Waals surface area contributed by atoms with Crippen LogP contribution in [0.25, 0.3) is 0 Å². The lowest BCUT2D eigenvalue weighted by molar-refractivity contribution is -0.165. The first-order valence-electron chi connectivity index (χ1n) is 9.39. The van der Waals surface area contributed by atoms with Crippen LogP contribution in [-0.2, 0) is 9.53 Å². The van der Waals surface area contributed by atoms with Crippen LogP contribution >= 0.6 is 0 Å². The summed E-state index contributed by atoms with van der Waals surface area (Å²) in [4.78, 5) is 12.8. The van der Waals surface area contributed by atoms with Crippen molar-refractivity contribution in [2.45, 2.75) is 72.8 Å². The Morgan fingerprint density at radius 2 is 1.87 bits per heavy atom. The highest BCUT2D eigenvalue weighted by atomic mass is 16.5. The molecular weight excluding hydrogens is 284 g/mol. The molecule has 0 radical (unpaired) electrons. The molecule has 0 saturated heterocycles. The average Bonchev–Trinajstić information content (AvgIpc) is 3.11. The summed E-state index contributed by atoms with van der Waals surface area (Å²) in [6.45, 7) is 10.4. The summed E-state index contributed by atoms with van der Waals surface area (Å²) in [5.74, 6) is 3.14. The van der Waals surface area contributed by atoms with Gasteiger partial charge in [-0.3, -0.25) is 4.79 Å². The van der Waals surface area contributed by atoms with Crippen molar-refractivity contribution >= 4 is 5.97 Å². The van der Waals surface area contributed by atoms with E-state index >= 15 is 0 Å². The van der Waals surface area contributed by atoms with E-state index in [1.807, 2.05) is 13.8 Å². The van der Waals surface area contributed by atoms with Gasteiger partial charge >= 0.3 is 5.97 Å². The van der Waals surface area contributed by atoms with Crippen molar-refractivity contribution in [2.24, 2.45) is 34.5 Å². The number of ether oxygens (including phenoxy) is 1. The topological polar surface area (TPSA) is 26.3 Å². The Hall–Kier alpha value is -1.01. The van der Waals surface area contributed by atoms with E-state index in [1.54, 1.807) is 0 Å². The highest BCUT2D eigenvalue weighted by Crippen LogP contribution is 2.59. The molecule has 4 aliphatic rings. The van der Waals surface area contributed by atoms with Crippen molar-refractivity contribution in [3.8, 4) is 0 Å². The molecule has 0 spiro atoms. The van der Waals surface area contributed by atoms with Crippen LogP contribution < -0.4 is 0 Å². The third-order valence-corrected chi connectivity index (χ3v) is 7.60. The lowest BCUT2D eigenvalue weighted by atomic mass is 9.65. The SMILES string of the molecule is CC(C)(C)C(C)(C)C(=O)OC1CC2=C=C1C1CC3CCC(C3)C21. The van der Waals surface area contributed by atoms with Crippen LogP contribution in [0.1, 0.15) is 66.7 Å². The quantitative estimate of drug-likeness (QED) is 0.536. The molecule has 23 heavy (non-hydrogen) atoms. The summed E-state index contributed by atoms with van der Waals surface area (Å²) in [7, 11) is 0. The fourth-order valence-corrected chi connectivity index (χ4v) is 5.20. The monoisotopic (exact) mass is 314 g/mol. The second-order valence-corrected chi connectivity index (χ2v) is 9.89. The molecule has 5 unspecified atom stereocenters. The van der Waals surface area contributed by atoms with Crippen LogP contribution in [0, 0.1) is 34.5 Å². The molecule has 4 rings (SSSR count). The summed E-state index contributed by atoms with van der Waals surface area (Å²) in [6, 6.07) is 0. The molecule has 2 nitrogen and oxygen atoms in total. The van der Waals surface area contributed by atoms with E-state index in [0.29, 0.717) is 5.92 Å². The maximum atomic E-state index is 12.8. The van der Waals surface area contributed by atoms with Gasteiger partial charge in [0.1, 0.15) is 6.10 Å². The van der Waals surface area contributed by atoms with Gasteiger partial charge in [0.2, 0.25) is 0 Å². The summed E-state index contributed by atoms with van der Waals surface area (Å²) in [6.07, 6.45) is 6.47. The Morgan fingerprint density at radius 3 is 2.57 bits per heavy atom. The third kappa shape index (κ3) is 2.18. The molecule has 0 aliphatic heterocycles. The largest absolute Gasteiger partial charge is 0.456 e. The zero-order valence-corrected chi connectivity index (χ0v) is 15.2. The van der Waals surface area contributed by atoms with Gasteiger partial charge in [0, 0.05) is 12.0 Å². The van der Waals surface area contributed by atoms with E-state index in [0.717, 1.165) is 24.2 Å². The molecule has 2 heteroatoms. The molecule has 4 aliphatic carbocycles. The Labute approximate surface area is 140 Å². The summed E-state index contributed by atoms with van der Waals surface area (Å²) in [5.41, 5.74) is 5.90. The summed E-state index contributed by atoms with van der Waals surface area (Å²) in [5, 5.41) is 0. The van der Waals surface area contributed by atoms with Crippen molar-refractivity contribution in [1.29, 1.82) is 0 Å². The van der Waals surface area contributed by atoms with Crippen molar-refractivity contribution in [3.63, 3.8) is 0 Å². The van der Waals surface area contributed by atoms with Crippen LogP contribution in [0.3, 0.4) is 0 Å². The highest BCUT2D eigenvalue weighted by Gasteiger charge is 2.53. The number of carbonyl (C=O) groups is 1. The number of esters is 1. The average molecular weight is 314 g/mol. The fourth-order valence-electron chi connectivity index (χ4n) is 5.20. The van der Waals surface area contributed by atoms with Gasteiger partial charge in [-0.15, -0.1) is 5.73 Å². The fraction of sp³-hybridized carbons (Fsp3) is 0.810. The Morgan fingerprint density at radius 1 is 1.13 bits per heavy atom. The van der Waals surface area contributed by atoms with Gasteiger partial charge in [-0.05, 0) is 67.8 Å². The molecule has 4 bridgehead atoms. The van der Waals surface area contributed by atoms with Gasteiger partial charge in [0.05, 0.1) is 5.41 Å². The number of rotatable bonds is 2. The maximum Gasteiger partial charge on any atom is 0.312 e.